The number of carbonyl (C=O) groups is 2. The van der Waals surface area contributed by atoms with Gasteiger partial charge in [0, 0.05) is 0 Å². The molecule has 3 N–H and O–H groups in total. The number of ketones is 1. The Morgan fingerprint density at radius 2 is 2.00 bits per heavy atom. The summed E-state index contributed by atoms with van der Waals surface area (Å²) >= 11 is 0. The topological polar surface area (TPSA) is 102 Å². The second-order valence-electron chi connectivity index (χ2n) is 5.63. The highest BCUT2D eigenvalue weighted by Crippen LogP contribution is 2.28. The maximum Gasteiger partial charge on any atom is 0.269 e. The monoisotopic (exact) mass is 311 g/mol. The number of hydrogen-bond acceptors (Lipinski definition) is 5. The Kier molecular flexibility index (Phi) is 3.48. The van der Waals surface area contributed by atoms with E-state index in [1.54, 1.807) is 13.3 Å². The first-order valence-corrected chi connectivity index (χ1v) is 7.19. The van der Waals surface area contributed by atoms with Crippen LogP contribution in [0.5, 0.6) is 0 Å². The smallest absolute Gasteiger partial charge is 0.269 e. The van der Waals surface area contributed by atoms with Crippen molar-refractivity contribution in [3.05, 3.63) is 47.9 Å². The summed E-state index contributed by atoms with van der Waals surface area (Å²) in [5.74, 6) is -0.352. The second-order valence-corrected chi connectivity index (χ2v) is 5.63. The van der Waals surface area contributed by atoms with Gasteiger partial charge >= 0.3 is 0 Å². The number of hydrogen-bond donors (Lipinski definition) is 2. The molecule has 1 aromatic carbocycles. The number of anilines is 1. The van der Waals surface area contributed by atoms with Crippen LogP contribution in [0.15, 0.2) is 41.7 Å². The van der Waals surface area contributed by atoms with Crippen LogP contribution in [-0.4, -0.2) is 32.6 Å². The second kappa shape index (κ2) is 5.35. The highest BCUT2D eigenvalue weighted by molar-refractivity contribution is 6.46. The lowest BCUT2D eigenvalue weighted by atomic mass is 10.0. The van der Waals surface area contributed by atoms with Gasteiger partial charge in [0.25, 0.3) is 5.91 Å². The summed E-state index contributed by atoms with van der Waals surface area (Å²) in [6, 6.07) is 9.81. The Labute approximate surface area is 133 Å². The van der Waals surface area contributed by atoms with Crippen molar-refractivity contribution in [2.24, 2.45) is 10.7 Å². The first kappa shape index (κ1) is 15.0. The van der Waals surface area contributed by atoms with E-state index in [0.717, 1.165) is 5.56 Å². The first-order valence-electron chi connectivity index (χ1n) is 7.19. The highest BCUT2D eigenvalue weighted by atomic mass is 16.1. The van der Waals surface area contributed by atoms with Gasteiger partial charge in [0.05, 0.1) is 12.9 Å². The van der Waals surface area contributed by atoms with E-state index in [-0.39, 0.29) is 11.5 Å². The molecule has 23 heavy (non-hydrogen) atoms. The average Bonchev–Trinajstić information content (AvgIpc) is 2.90. The number of aromatic nitrogens is 2. The van der Waals surface area contributed by atoms with E-state index in [9.17, 15) is 9.59 Å². The molecule has 7 nitrogen and oxygen atoms in total. The van der Waals surface area contributed by atoms with E-state index < -0.39 is 11.6 Å². The minimum atomic E-state index is -1.23. The van der Waals surface area contributed by atoms with Gasteiger partial charge in [0.15, 0.2) is 17.2 Å². The number of imidazole rings is 1. The molecule has 1 atom stereocenters. The van der Waals surface area contributed by atoms with Gasteiger partial charge in [-0.1, -0.05) is 30.3 Å². The minimum absolute atomic E-state index is 0.0169. The van der Waals surface area contributed by atoms with E-state index in [1.165, 1.54) is 6.92 Å². The quantitative estimate of drug-likeness (QED) is 0.877. The predicted molar refractivity (Wildman–Crippen MR) is 86.2 cm³/mol. The van der Waals surface area contributed by atoms with Gasteiger partial charge in [-0.15, -0.1) is 0 Å². The highest BCUT2D eigenvalue weighted by Gasteiger charge is 2.38. The number of nitrogens with zero attached hydrogens (tertiary/aromatic N) is 3. The van der Waals surface area contributed by atoms with Gasteiger partial charge in [-0.2, -0.15) is 0 Å². The Morgan fingerprint density at radius 3 is 2.61 bits per heavy atom. The largest absolute Gasteiger partial charge is 0.364 e. The lowest BCUT2D eigenvalue weighted by molar-refractivity contribution is -0.120. The molecule has 0 bridgehead atoms. The zero-order chi connectivity index (χ0) is 16.6. The molecule has 0 fully saturated rings. The van der Waals surface area contributed by atoms with E-state index >= 15 is 0 Å². The third-order valence-corrected chi connectivity index (χ3v) is 3.87. The van der Waals surface area contributed by atoms with Crippen LogP contribution in [0.2, 0.25) is 0 Å². The zero-order valence-electron chi connectivity index (χ0n) is 12.9. The molecule has 1 aliphatic rings. The Morgan fingerprint density at radius 1 is 1.30 bits per heavy atom. The number of nitrogens with two attached hydrogens (primary N) is 1. The SMILES string of the molecule is CC(=O)C1(C)N=C(C(N)=O)c2ncn(Cc3ccccc3)c2N1. The molecule has 0 aliphatic carbocycles. The van der Waals surface area contributed by atoms with Gasteiger partial charge in [-0.3, -0.25) is 9.59 Å². The van der Waals surface area contributed by atoms with Crippen molar-refractivity contribution < 1.29 is 9.59 Å². The molecule has 0 spiro atoms. The van der Waals surface area contributed by atoms with Crippen molar-refractivity contribution >= 4 is 23.2 Å². The zero-order valence-corrected chi connectivity index (χ0v) is 12.9. The number of benzene rings is 1. The molecule has 7 heteroatoms. The molecule has 1 amide bonds. The molecule has 0 saturated heterocycles. The summed E-state index contributed by atoms with van der Waals surface area (Å²) in [7, 11) is 0. The molecular formula is C16H17N5O2. The Bertz CT molecular complexity index is 809. The van der Waals surface area contributed by atoms with Crippen LogP contribution in [0, 0.1) is 0 Å². The van der Waals surface area contributed by atoms with Crippen LogP contribution in [-0.2, 0) is 16.1 Å². The van der Waals surface area contributed by atoms with Crippen molar-refractivity contribution in [1.29, 1.82) is 0 Å². The summed E-state index contributed by atoms with van der Waals surface area (Å²) < 4.78 is 1.84. The van der Waals surface area contributed by atoms with Crippen molar-refractivity contribution in [3.8, 4) is 0 Å². The van der Waals surface area contributed by atoms with Crippen LogP contribution < -0.4 is 11.1 Å². The van der Waals surface area contributed by atoms with Crippen molar-refractivity contribution in [2.45, 2.75) is 26.1 Å². The lowest BCUT2D eigenvalue weighted by Gasteiger charge is -2.30. The number of primary amides is 1. The van der Waals surface area contributed by atoms with E-state index in [2.05, 4.69) is 15.3 Å². The first-order chi connectivity index (χ1) is 10.9. The van der Waals surface area contributed by atoms with Gasteiger partial charge in [-0.05, 0) is 19.4 Å². The summed E-state index contributed by atoms with van der Waals surface area (Å²) in [5, 5.41) is 3.08. The molecule has 0 saturated carbocycles. The fourth-order valence-electron chi connectivity index (χ4n) is 2.46. The van der Waals surface area contributed by atoms with Crippen LogP contribution >= 0.6 is 0 Å². The molecule has 1 unspecified atom stereocenters. The predicted octanol–water partition coefficient (Wildman–Crippen LogP) is 0.936. The normalized spacial score (nSPS) is 19.5. The van der Waals surface area contributed by atoms with Gasteiger partial charge in [-0.25, -0.2) is 9.98 Å². The third-order valence-electron chi connectivity index (χ3n) is 3.87. The number of rotatable bonds is 4. The Hall–Kier alpha value is -2.96. The number of nitrogens with one attached hydrogen (secondary N) is 1. The van der Waals surface area contributed by atoms with Gasteiger partial charge in [0.1, 0.15) is 11.5 Å². The van der Waals surface area contributed by atoms with Crippen molar-refractivity contribution in [2.75, 3.05) is 5.32 Å². The summed E-state index contributed by atoms with van der Waals surface area (Å²) in [6.45, 7) is 3.58. The number of Topliss-reactive ketones (excluding diaryl/α,β-unsaturated/α-hetero) is 1. The lowest BCUT2D eigenvalue weighted by Crippen LogP contribution is -2.46. The maximum absolute atomic E-state index is 11.9. The standard InChI is InChI=1S/C16H17N5O2/c1-10(22)16(2)19-12(14(17)23)13-15(20-16)21(9-18-13)8-11-6-4-3-5-7-11/h3-7,9,20H,8H2,1-2H3,(H2,17,23). The van der Waals surface area contributed by atoms with Crippen LogP contribution in [0.1, 0.15) is 25.1 Å². The number of amides is 1. The van der Waals surface area contributed by atoms with Crippen molar-refractivity contribution in [1.82, 2.24) is 9.55 Å². The fourth-order valence-corrected chi connectivity index (χ4v) is 2.46. The molecule has 1 aliphatic heterocycles. The Balaban J connectivity index is 2.06. The molecule has 2 aromatic rings. The van der Waals surface area contributed by atoms with E-state index in [0.29, 0.717) is 18.1 Å². The summed E-state index contributed by atoms with van der Waals surface area (Å²) in [5.41, 5.74) is 5.63. The van der Waals surface area contributed by atoms with Crippen molar-refractivity contribution in [3.63, 3.8) is 0 Å². The van der Waals surface area contributed by atoms with E-state index in [4.69, 9.17) is 5.73 Å². The number of aliphatic imine (C=N–C) groups is 1. The summed E-state index contributed by atoms with van der Waals surface area (Å²) in [4.78, 5) is 32.1. The van der Waals surface area contributed by atoms with Gasteiger partial charge < -0.3 is 15.6 Å². The number of carbonyl (C=O) groups excluding carboxylic acids is 2. The average molecular weight is 311 g/mol. The molecule has 118 valence electrons. The fraction of sp³-hybridized carbons (Fsp3) is 0.250. The third kappa shape index (κ3) is 2.61. The molecular weight excluding hydrogens is 294 g/mol. The minimum Gasteiger partial charge on any atom is -0.364 e. The summed E-state index contributed by atoms with van der Waals surface area (Å²) in [6.07, 6.45) is 1.61. The molecule has 3 rings (SSSR count). The molecule has 0 radical (unpaired) electrons. The number of fused-ring (bicyclic) bond motifs is 1. The molecule has 1 aromatic heterocycles. The van der Waals surface area contributed by atoms with Crippen LogP contribution in [0.3, 0.4) is 0 Å². The van der Waals surface area contributed by atoms with Crippen LogP contribution in [0.25, 0.3) is 0 Å². The van der Waals surface area contributed by atoms with E-state index in [1.807, 2.05) is 34.9 Å². The molecule has 2 heterocycles. The maximum atomic E-state index is 11.9. The van der Waals surface area contributed by atoms with Gasteiger partial charge in [0.2, 0.25) is 0 Å². The van der Waals surface area contributed by atoms with Crippen LogP contribution in [0.4, 0.5) is 5.82 Å².